The minimum Gasteiger partial charge on any atom is -0.457 e. The van der Waals surface area contributed by atoms with Crippen LogP contribution < -0.4 is 28.4 Å². The summed E-state index contributed by atoms with van der Waals surface area (Å²) in [5, 5.41) is -1.27. The first-order valence-electron chi connectivity index (χ1n) is 34.9. The molecular weight excluding hydrogens is 1370 g/mol. The van der Waals surface area contributed by atoms with Crippen LogP contribution in [0.5, 0.6) is 57.5 Å². The zero-order chi connectivity index (χ0) is 76.3. The fourth-order valence-electron chi connectivity index (χ4n) is 13.7. The molecule has 20 heteroatoms. The van der Waals surface area contributed by atoms with Crippen molar-refractivity contribution in [3.05, 3.63) is 225 Å². The van der Waals surface area contributed by atoms with Crippen LogP contribution in [0.4, 0.5) is 26.3 Å². The predicted molar refractivity (Wildman–Crippen MR) is 392 cm³/mol. The number of nitrogens with zero attached hydrogens (tertiary/aromatic N) is 2. The van der Waals surface area contributed by atoms with Crippen LogP contribution in [0.3, 0.4) is 0 Å². The smallest absolute Gasteiger partial charge is 0.420 e. The standard InChI is InChI=1S/C86H76F6N2O12/c1-43(2)47-15-27-53(28-16-47)101-63-39-59-67-60(78(96)93(77(59)95)75(85(87,88)89)81(99)105-57-35-23-51(24-36-57)83(9,10)11)41-65(103-55-31-19-49(20-32-55)45(5)6)71-72-66(104-56-33-21-50(22-34-56)46(7)8)42-62-68-61(40-64(70(74(68)72)69(63)73(67)71)102-54-29-17-48(18-30-54)44(3)4)79(97)94(80(62)98)76(86(90,91)92)82(100)106-58-37-25-52(26-38-58)84(12,13)14/h15-46,75-76H,1-14H3. The number of esters is 2. The highest BCUT2D eigenvalue weighted by molar-refractivity contribution is 6.45. The summed E-state index contributed by atoms with van der Waals surface area (Å²) in [5.74, 6) is -12.2. The van der Waals surface area contributed by atoms with Crippen molar-refractivity contribution in [2.45, 2.75) is 156 Å². The molecule has 2 atom stereocenters. The van der Waals surface area contributed by atoms with Crippen LogP contribution >= 0.6 is 0 Å². The molecule has 544 valence electrons. The van der Waals surface area contributed by atoms with Crippen LogP contribution in [0, 0.1) is 0 Å². The number of hydrogen-bond acceptors (Lipinski definition) is 12. The highest BCUT2D eigenvalue weighted by Gasteiger charge is 2.58. The van der Waals surface area contributed by atoms with Gasteiger partial charge in [-0.2, -0.15) is 26.3 Å². The van der Waals surface area contributed by atoms with Crippen molar-refractivity contribution in [1.29, 1.82) is 0 Å². The van der Waals surface area contributed by atoms with Crippen LogP contribution in [0.25, 0.3) is 43.1 Å². The van der Waals surface area contributed by atoms with Gasteiger partial charge in [0.1, 0.15) is 57.5 Å². The van der Waals surface area contributed by atoms with E-state index in [0.29, 0.717) is 0 Å². The maximum absolute atomic E-state index is 16.3. The summed E-state index contributed by atoms with van der Waals surface area (Å²) in [6.45, 7) is 27.1. The number of halogens is 6. The van der Waals surface area contributed by atoms with Crippen molar-refractivity contribution in [2.75, 3.05) is 0 Å². The number of hydrogen-bond donors (Lipinski definition) is 0. The molecule has 11 aromatic carbocycles. The van der Waals surface area contributed by atoms with Gasteiger partial charge in [0.15, 0.2) is 0 Å². The third-order valence-electron chi connectivity index (χ3n) is 19.5. The maximum atomic E-state index is 16.3. The lowest BCUT2D eigenvalue weighted by Gasteiger charge is -2.36. The minimum atomic E-state index is -5.69. The van der Waals surface area contributed by atoms with Gasteiger partial charge >= 0.3 is 24.3 Å². The van der Waals surface area contributed by atoms with Gasteiger partial charge in [0.2, 0.25) is 12.1 Å². The van der Waals surface area contributed by atoms with E-state index in [1.165, 1.54) is 24.3 Å². The van der Waals surface area contributed by atoms with E-state index < -0.39 is 93.1 Å². The molecule has 0 fully saturated rings. The second kappa shape index (κ2) is 27.0. The van der Waals surface area contributed by atoms with Gasteiger partial charge < -0.3 is 28.4 Å². The molecule has 11 aromatic rings. The lowest BCUT2D eigenvalue weighted by Crippen LogP contribution is -2.58. The summed E-state index contributed by atoms with van der Waals surface area (Å²) in [4.78, 5) is 92.5. The molecule has 0 aliphatic carbocycles. The van der Waals surface area contributed by atoms with Gasteiger partial charge in [-0.1, -0.05) is 170 Å². The Morgan fingerprint density at radius 1 is 0.302 bits per heavy atom. The Labute approximate surface area is 608 Å². The molecule has 2 aliphatic heterocycles. The van der Waals surface area contributed by atoms with E-state index in [4.69, 9.17) is 28.4 Å². The van der Waals surface area contributed by atoms with E-state index in [2.05, 4.69) is 0 Å². The number of alkyl halides is 6. The monoisotopic (exact) mass is 1440 g/mol. The molecule has 0 spiro atoms. The Balaban J connectivity index is 1.17. The summed E-state index contributed by atoms with van der Waals surface area (Å²) in [6, 6.07) is 35.7. The van der Waals surface area contributed by atoms with E-state index in [1.807, 2.05) is 96.9 Å². The molecule has 14 nitrogen and oxygen atoms in total. The van der Waals surface area contributed by atoms with Gasteiger partial charge in [-0.25, -0.2) is 9.59 Å². The first-order valence-corrected chi connectivity index (χ1v) is 34.9. The summed E-state index contributed by atoms with van der Waals surface area (Å²) in [7, 11) is 0. The number of rotatable bonds is 18. The topological polar surface area (TPSA) is 164 Å². The minimum absolute atomic E-state index is 0.00215. The number of ether oxygens (including phenoxy) is 6. The van der Waals surface area contributed by atoms with Gasteiger partial charge in [-0.05, 0) is 165 Å². The van der Waals surface area contributed by atoms with Gasteiger partial charge in [-0.3, -0.25) is 29.0 Å². The zero-order valence-electron chi connectivity index (χ0n) is 60.7. The predicted octanol–water partition coefficient (Wildman–Crippen LogP) is 22.3. The molecule has 0 saturated heterocycles. The van der Waals surface area contributed by atoms with Crippen LogP contribution in [-0.4, -0.2) is 69.8 Å². The molecule has 0 bridgehead atoms. The SMILES string of the molecule is CC(C)c1ccc(Oc2cc3c4c(cc(Oc5ccc(C(C)C)cc5)c5c6c(Oc7ccc(C(C)C)cc7)cc7c8c(cc(Oc9ccc(C(C)C)cc9)c(c2c45)c86)C(=O)N(C(C(=O)Oc2ccc(C(C)(C)C)cc2)C(F)(F)F)C7=O)C(=O)N(C(C(=O)Oc2ccc(C(C)(C)C)cc2)C(F)(F)F)C3=O)cc1. The van der Waals surface area contributed by atoms with Gasteiger partial charge in [0.25, 0.3) is 23.6 Å². The molecule has 106 heavy (non-hydrogen) atoms. The number of amides is 4. The third-order valence-corrected chi connectivity index (χ3v) is 19.5. The quantitative estimate of drug-likeness (QED) is 0.0200. The molecule has 2 heterocycles. The number of carbonyl (C=O) groups is 6. The molecular formula is C86H76F6N2O12. The Morgan fingerprint density at radius 3 is 0.698 bits per heavy atom. The highest BCUT2D eigenvalue weighted by Crippen LogP contribution is 2.59. The van der Waals surface area contributed by atoms with E-state index in [1.54, 1.807) is 121 Å². The molecule has 0 aromatic heterocycles. The number of carbonyl (C=O) groups excluding carboxylic acids is 6. The highest BCUT2D eigenvalue weighted by atomic mass is 19.4. The van der Waals surface area contributed by atoms with Crippen molar-refractivity contribution in [3.63, 3.8) is 0 Å². The Kier molecular flexibility index (Phi) is 18.6. The van der Waals surface area contributed by atoms with Gasteiger partial charge in [0, 0.05) is 43.1 Å². The van der Waals surface area contributed by atoms with Crippen molar-refractivity contribution in [1.82, 2.24) is 9.80 Å². The molecule has 2 aliphatic rings. The average Bonchev–Trinajstić information content (AvgIpc) is 0.670. The summed E-state index contributed by atoms with van der Waals surface area (Å²) < 4.78 is 136. The molecule has 13 rings (SSSR count). The molecule has 2 unspecified atom stereocenters. The molecule has 4 amide bonds. The summed E-state index contributed by atoms with van der Waals surface area (Å²) in [5.41, 5.74) is 1.69. The first kappa shape index (κ1) is 73.0. The van der Waals surface area contributed by atoms with E-state index in [9.17, 15) is 9.59 Å². The second-order valence-electron chi connectivity index (χ2n) is 30.2. The first-order chi connectivity index (χ1) is 49.9. The normalized spacial score (nSPS) is 14.2. The largest absolute Gasteiger partial charge is 0.457 e. The van der Waals surface area contributed by atoms with Crippen LogP contribution in [-0.2, 0) is 20.4 Å². The number of benzene rings is 11. The lowest BCUT2D eigenvalue weighted by atomic mass is 9.80. The summed E-state index contributed by atoms with van der Waals surface area (Å²) in [6.07, 6.45) is -11.4. The van der Waals surface area contributed by atoms with E-state index >= 15 is 45.5 Å². The lowest BCUT2D eigenvalue weighted by molar-refractivity contribution is -0.189. The maximum Gasteiger partial charge on any atom is 0.420 e. The third kappa shape index (κ3) is 13.5. The van der Waals surface area contributed by atoms with Crippen molar-refractivity contribution in [3.8, 4) is 57.5 Å². The second-order valence-corrected chi connectivity index (χ2v) is 30.2. The van der Waals surface area contributed by atoms with Crippen LogP contribution in [0.1, 0.15) is 195 Å². The molecule has 0 radical (unpaired) electrons. The van der Waals surface area contributed by atoms with Crippen LogP contribution in [0.2, 0.25) is 0 Å². The fourth-order valence-corrected chi connectivity index (χ4v) is 13.7. The van der Waals surface area contributed by atoms with Crippen molar-refractivity contribution < 1.29 is 83.5 Å². The van der Waals surface area contributed by atoms with Crippen molar-refractivity contribution in [2.24, 2.45) is 0 Å². The Bertz CT molecular complexity index is 4770. The van der Waals surface area contributed by atoms with E-state index in [-0.39, 0.29) is 134 Å². The van der Waals surface area contributed by atoms with Gasteiger partial charge in [-0.15, -0.1) is 0 Å². The van der Waals surface area contributed by atoms with Gasteiger partial charge in [0.05, 0.1) is 22.3 Å². The fraction of sp³-hybridized carbons (Fsp3) is 0.279. The zero-order valence-corrected chi connectivity index (χ0v) is 60.7. The van der Waals surface area contributed by atoms with E-state index in [0.717, 1.165) is 57.6 Å². The number of fused-ring (bicyclic) bond motifs is 2. The Morgan fingerprint density at radius 2 is 0.509 bits per heavy atom. The molecule has 0 N–H and O–H groups in total. The van der Waals surface area contributed by atoms with Crippen LogP contribution in [0.15, 0.2) is 170 Å². The Hall–Kier alpha value is -11.3. The van der Waals surface area contributed by atoms with Crippen molar-refractivity contribution >= 4 is 78.7 Å². The molecule has 0 saturated carbocycles. The summed E-state index contributed by atoms with van der Waals surface area (Å²) >= 11 is 0. The average molecular weight is 1440 g/mol. The number of imide groups is 2.